The lowest BCUT2D eigenvalue weighted by atomic mass is 10.1. The molecule has 1 aromatic heterocycles. The molecule has 3 aromatic carbocycles. The Bertz CT molecular complexity index is 1120. The van der Waals surface area contributed by atoms with E-state index in [1.807, 2.05) is 68.4 Å². The van der Waals surface area contributed by atoms with Gasteiger partial charge in [0.25, 0.3) is 5.91 Å². The van der Waals surface area contributed by atoms with E-state index >= 15 is 0 Å². The summed E-state index contributed by atoms with van der Waals surface area (Å²) < 4.78 is 5.59. The Labute approximate surface area is 150 Å². The Morgan fingerprint density at radius 2 is 1.69 bits per heavy atom. The minimum Gasteiger partial charge on any atom is -0.403 e. The van der Waals surface area contributed by atoms with Crippen LogP contribution < -0.4 is 5.32 Å². The Morgan fingerprint density at radius 3 is 2.50 bits per heavy atom. The van der Waals surface area contributed by atoms with Crippen molar-refractivity contribution in [3.8, 4) is 11.5 Å². The minimum atomic E-state index is -0.286. The summed E-state index contributed by atoms with van der Waals surface area (Å²) in [5.41, 5.74) is 3.70. The Hall–Kier alpha value is -3.47. The first kappa shape index (κ1) is 16.0. The number of amides is 1. The first-order chi connectivity index (χ1) is 12.6. The van der Waals surface area contributed by atoms with E-state index in [1.165, 1.54) is 5.56 Å². The highest BCUT2D eigenvalue weighted by Gasteiger charge is 2.13. The molecule has 0 aliphatic carbocycles. The Kier molecular flexibility index (Phi) is 3.97. The molecule has 1 N–H and O–H groups in total. The molecule has 0 unspecified atom stereocenters. The summed E-state index contributed by atoms with van der Waals surface area (Å²) in [6.07, 6.45) is 0. The van der Waals surface area contributed by atoms with E-state index in [2.05, 4.69) is 15.5 Å². The van der Waals surface area contributed by atoms with Crippen molar-refractivity contribution in [3.63, 3.8) is 0 Å². The van der Waals surface area contributed by atoms with Crippen LogP contribution in [-0.4, -0.2) is 16.1 Å². The first-order valence-corrected chi connectivity index (χ1v) is 8.31. The maximum Gasteiger partial charge on any atom is 0.322 e. The van der Waals surface area contributed by atoms with E-state index in [9.17, 15) is 4.79 Å². The molecule has 4 aromatic rings. The normalized spacial score (nSPS) is 10.8. The molecule has 128 valence electrons. The van der Waals surface area contributed by atoms with Gasteiger partial charge >= 0.3 is 6.01 Å². The number of nitrogens with one attached hydrogen (secondary N) is 1. The molecule has 0 aliphatic rings. The predicted molar refractivity (Wildman–Crippen MR) is 101 cm³/mol. The van der Waals surface area contributed by atoms with Crippen molar-refractivity contribution in [1.29, 1.82) is 0 Å². The number of benzene rings is 3. The maximum absolute atomic E-state index is 12.5. The van der Waals surface area contributed by atoms with Gasteiger partial charge in [-0.15, -0.1) is 5.10 Å². The van der Waals surface area contributed by atoms with E-state index in [1.54, 1.807) is 6.07 Å². The number of hydrogen-bond donors (Lipinski definition) is 1. The molecular weight excluding hydrogens is 326 g/mol. The van der Waals surface area contributed by atoms with Gasteiger partial charge in [0.2, 0.25) is 5.89 Å². The van der Waals surface area contributed by atoms with Crippen LogP contribution in [0.5, 0.6) is 0 Å². The lowest BCUT2D eigenvalue weighted by molar-refractivity contribution is 0.102. The summed E-state index contributed by atoms with van der Waals surface area (Å²) in [4.78, 5) is 12.5. The molecule has 0 fully saturated rings. The van der Waals surface area contributed by atoms with E-state index in [4.69, 9.17) is 4.42 Å². The monoisotopic (exact) mass is 343 g/mol. The van der Waals surface area contributed by atoms with Crippen molar-refractivity contribution in [2.45, 2.75) is 13.8 Å². The van der Waals surface area contributed by atoms with Gasteiger partial charge in [0.05, 0.1) is 0 Å². The van der Waals surface area contributed by atoms with Crippen LogP contribution in [0, 0.1) is 13.8 Å². The van der Waals surface area contributed by atoms with Gasteiger partial charge in [-0.25, -0.2) is 0 Å². The minimum absolute atomic E-state index is 0.0800. The maximum atomic E-state index is 12.5. The van der Waals surface area contributed by atoms with Crippen LogP contribution >= 0.6 is 0 Å². The van der Waals surface area contributed by atoms with Crippen LogP contribution in [0.1, 0.15) is 21.5 Å². The summed E-state index contributed by atoms with van der Waals surface area (Å²) in [5.74, 6) is 0.0907. The fourth-order valence-corrected chi connectivity index (χ4v) is 2.76. The van der Waals surface area contributed by atoms with E-state index in [0.29, 0.717) is 11.5 Å². The standard InChI is InChI=1S/C21H17N3O2/c1-13-7-8-18(11-14(13)2)20-23-24-21(26-20)22-19(25)17-10-9-15-5-3-4-6-16(15)12-17/h3-12H,1-2H3,(H,22,24,25). The van der Waals surface area contributed by atoms with Crippen molar-refractivity contribution in [2.24, 2.45) is 0 Å². The molecule has 0 saturated heterocycles. The van der Waals surface area contributed by atoms with Gasteiger partial charge in [-0.2, -0.15) is 0 Å². The highest BCUT2D eigenvalue weighted by Crippen LogP contribution is 2.23. The second kappa shape index (κ2) is 6.44. The molecule has 0 atom stereocenters. The quantitative estimate of drug-likeness (QED) is 0.582. The number of carbonyl (C=O) groups is 1. The average Bonchev–Trinajstić information content (AvgIpc) is 3.12. The number of aromatic nitrogens is 2. The number of aryl methyl sites for hydroxylation is 2. The summed E-state index contributed by atoms with van der Waals surface area (Å²) in [6.45, 7) is 4.07. The number of anilines is 1. The van der Waals surface area contributed by atoms with E-state index < -0.39 is 0 Å². The molecule has 0 bridgehead atoms. The van der Waals surface area contributed by atoms with Crippen molar-refractivity contribution in [2.75, 3.05) is 5.32 Å². The highest BCUT2D eigenvalue weighted by molar-refractivity contribution is 6.05. The van der Waals surface area contributed by atoms with E-state index in [-0.39, 0.29) is 11.9 Å². The third-order valence-corrected chi connectivity index (χ3v) is 4.41. The van der Waals surface area contributed by atoms with Gasteiger partial charge < -0.3 is 4.42 Å². The largest absolute Gasteiger partial charge is 0.403 e. The SMILES string of the molecule is Cc1ccc(-c2nnc(NC(=O)c3ccc4ccccc4c3)o2)cc1C. The lowest BCUT2D eigenvalue weighted by Gasteiger charge is -2.03. The molecule has 1 heterocycles. The average molecular weight is 343 g/mol. The number of nitrogens with zero attached hydrogens (tertiary/aromatic N) is 2. The van der Waals surface area contributed by atoms with Gasteiger partial charge in [0, 0.05) is 11.1 Å². The zero-order valence-electron chi connectivity index (χ0n) is 14.5. The number of rotatable bonds is 3. The Balaban J connectivity index is 1.56. The molecular formula is C21H17N3O2. The molecule has 0 spiro atoms. The predicted octanol–water partition coefficient (Wildman–Crippen LogP) is 4.76. The van der Waals surface area contributed by atoms with Gasteiger partial charge in [0.1, 0.15) is 0 Å². The van der Waals surface area contributed by atoms with Crippen LogP contribution in [0.15, 0.2) is 65.1 Å². The highest BCUT2D eigenvalue weighted by atomic mass is 16.4. The van der Waals surface area contributed by atoms with E-state index in [0.717, 1.165) is 21.9 Å². The summed E-state index contributed by atoms with van der Waals surface area (Å²) in [7, 11) is 0. The number of hydrogen-bond acceptors (Lipinski definition) is 4. The van der Waals surface area contributed by atoms with Gasteiger partial charge in [-0.05, 0) is 60.0 Å². The molecule has 26 heavy (non-hydrogen) atoms. The summed E-state index contributed by atoms with van der Waals surface area (Å²) >= 11 is 0. The van der Waals surface area contributed by atoms with Gasteiger partial charge in [0.15, 0.2) is 0 Å². The smallest absolute Gasteiger partial charge is 0.322 e. The van der Waals surface area contributed by atoms with Crippen LogP contribution in [0.2, 0.25) is 0 Å². The molecule has 5 heteroatoms. The second-order valence-corrected chi connectivity index (χ2v) is 6.23. The molecule has 0 aliphatic heterocycles. The molecule has 4 rings (SSSR count). The van der Waals surface area contributed by atoms with Gasteiger partial charge in [-0.3, -0.25) is 10.1 Å². The lowest BCUT2D eigenvalue weighted by Crippen LogP contribution is -2.12. The Morgan fingerprint density at radius 1 is 0.885 bits per heavy atom. The number of fused-ring (bicyclic) bond motifs is 1. The van der Waals surface area contributed by atoms with Crippen LogP contribution in [0.3, 0.4) is 0 Å². The van der Waals surface area contributed by atoms with Crippen molar-refractivity contribution in [3.05, 3.63) is 77.4 Å². The zero-order valence-corrected chi connectivity index (χ0v) is 14.5. The summed E-state index contributed by atoms with van der Waals surface area (Å²) in [6, 6.07) is 19.4. The van der Waals surface area contributed by atoms with Gasteiger partial charge in [-0.1, -0.05) is 41.5 Å². The zero-order chi connectivity index (χ0) is 18.1. The van der Waals surface area contributed by atoms with Crippen LogP contribution in [0.4, 0.5) is 6.01 Å². The van der Waals surface area contributed by atoms with Crippen LogP contribution in [0.25, 0.3) is 22.2 Å². The molecule has 0 radical (unpaired) electrons. The third-order valence-electron chi connectivity index (χ3n) is 4.41. The van der Waals surface area contributed by atoms with Crippen molar-refractivity contribution in [1.82, 2.24) is 10.2 Å². The fraction of sp³-hybridized carbons (Fsp3) is 0.0952. The fourth-order valence-electron chi connectivity index (χ4n) is 2.76. The summed E-state index contributed by atoms with van der Waals surface area (Å²) in [5, 5.41) is 12.7. The molecule has 1 amide bonds. The molecule has 5 nitrogen and oxygen atoms in total. The van der Waals surface area contributed by atoms with Crippen LogP contribution in [-0.2, 0) is 0 Å². The third kappa shape index (κ3) is 3.07. The van der Waals surface area contributed by atoms with Crippen molar-refractivity contribution < 1.29 is 9.21 Å². The van der Waals surface area contributed by atoms with Crippen molar-refractivity contribution >= 4 is 22.7 Å². The number of carbonyl (C=O) groups excluding carboxylic acids is 1. The topological polar surface area (TPSA) is 68.0 Å². The first-order valence-electron chi connectivity index (χ1n) is 8.31. The second-order valence-electron chi connectivity index (χ2n) is 6.23. The molecule has 0 saturated carbocycles.